The topological polar surface area (TPSA) is 65.4 Å². The standard InChI is InChI=1S/C17H14FNO4S/c1-2-23-17(20)16-11-13-14(18)9-6-10-15(13)19(16)24(21,22)12-7-4-3-5-8-12/h3-11H,2H2,1H3. The van der Waals surface area contributed by atoms with Gasteiger partial charge < -0.3 is 4.74 Å². The maximum absolute atomic E-state index is 14.1. The van der Waals surface area contributed by atoms with Crippen molar-refractivity contribution >= 4 is 26.9 Å². The first-order chi connectivity index (χ1) is 11.5. The Balaban J connectivity index is 2.35. The van der Waals surface area contributed by atoms with Gasteiger partial charge in [-0.15, -0.1) is 0 Å². The minimum atomic E-state index is -4.08. The number of aromatic nitrogens is 1. The molecule has 7 heteroatoms. The molecule has 0 aliphatic heterocycles. The molecule has 0 fully saturated rings. The van der Waals surface area contributed by atoms with E-state index in [4.69, 9.17) is 4.74 Å². The highest BCUT2D eigenvalue weighted by atomic mass is 32.2. The number of ether oxygens (including phenoxy) is 1. The zero-order valence-corrected chi connectivity index (χ0v) is 13.6. The van der Waals surface area contributed by atoms with Gasteiger partial charge in [0.15, 0.2) is 0 Å². The third kappa shape index (κ3) is 2.56. The molecule has 0 N–H and O–H groups in total. The summed E-state index contributed by atoms with van der Waals surface area (Å²) < 4.78 is 45.8. The van der Waals surface area contributed by atoms with E-state index in [0.717, 1.165) is 3.97 Å². The van der Waals surface area contributed by atoms with Crippen LogP contribution in [0.1, 0.15) is 17.4 Å². The summed E-state index contributed by atoms with van der Waals surface area (Å²) in [6.45, 7) is 1.69. The van der Waals surface area contributed by atoms with Gasteiger partial charge in [0.1, 0.15) is 11.5 Å². The zero-order valence-electron chi connectivity index (χ0n) is 12.8. The highest BCUT2D eigenvalue weighted by Gasteiger charge is 2.27. The molecule has 1 heterocycles. The van der Waals surface area contributed by atoms with Crippen LogP contribution in [0.3, 0.4) is 0 Å². The Morgan fingerprint density at radius 3 is 2.50 bits per heavy atom. The second-order valence-electron chi connectivity index (χ2n) is 5.01. The average molecular weight is 347 g/mol. The van der Waals surface area contributed by atoms with E-state index in [0.29, 0.717) is 0 Å². The summed E-state index contributed by atoms with van der Waals surface area (Å²) in [6.07, 6.45) is 0. The fourth-order valence-corrected chi connectivity index (χ4v) is 3.99. The lowest BCUT2D eigenvalue weighted by Crippen LogP contribution is -2.19. The van der Waals surface area contributed by atoms with Gasteiger partial charge in [-0.2, -0.15) is 0 Å². The van der Waals surface area contributed by atoms with Crippen molar-refractivity contribution in [2.75, 3.05) is 6.61 Å². The number of halogens is 1. The van der Waals surface area contributed by atoms with Crippen molar-refractivity contribution in [1.82, 2.24) is 3.97 Å². The van der Waals surface area contributed by atoms with Crippen molar-refractivity contribution < 1.29 is 22.3 Å². The molecule has 0 spiro atoms. The monoisotopic (exact) mass is 347 g/mol. The number of benzene rings is 2. The van der Waals surface area contributed by atoms with E-state index in [2.05, 4.69) is 0 Å². The van der Waals surface area contributed by atoms with Crippen molar-refractivity contribution in [3.8, 4) is 0 Å². The lowest BCUT2D eigenvalue weighted by Gasteiger charge is -2.11. The molecule has 0 amide bonds. The molecule has 0 aliphatic carbocycles. The fourth-order valence-electron chi connectivity index (χ4n) is 2.47. The van der Waals surface area contributed by atoms with Crippen molar-refractivity contribution in [3.05, 3.63) is 66.1 Å². The summed E-state index contributed by atoms with van der Waals surface area (Å²) in [7, 11) is -4.08. The molecule has 3 rings (SSSR count). The lowest BCUT2D eigenvalue weighted by atomic mass is 10.2. The Labute approximate surface area is 138 Å². The Hall–Kier alpha value is -2.67. The maximum Gasteiger partial charge on any atom is 0.356 e. The van der Waals surface area contributed by atoms with Crippen LogP contribution >= 0.6 is 0 Å². The third-order valence-corrected chi connectivity index (χ3v) is 5.26. The number of carbonyl (C=O) groups excluding carboxylic acids is 1. The van der Waals surface area contributed by atoms with Gasteiger partial charge in [-0.25, -0.2) is 21.6 Å². The van der Waals surface area contributed by atoms with Gasteiger partial charge in [-0.05, 0) is 37.3 Å². The molecule has 0 bridgehead atoms. The van der Waals surface area contributed by atoms with Crippen LogP contribution in [0.25, 0.3) is 10.9 Å². The highest BCUT2D eigenvalue weighted by Crippen LogP contribution is 2.28. The van der Waals surface area contributed by atoms with E-state index in [1.807, 2.05) is 0 Å². The van der Waals surface area contributed by atoms with E-state index in [9.17, 15) is 17.6 Å². The van der Waals surface area contributed by atoms with Crippen LogP contribution in [0.5, 0.6) is 0 Å². The Morgan fingerprint density at radius 1 is 1.12 bits per heavy atom. The van der Waals surface area contributed by atoms with Crippen LogP contribution in [-0.2, 0) is 14.8 Å². The van der Waals surface area contributed by atoms with Gasteiger partial charge in [0.25, 0.3) is 10.0 Å². The van der Waals surface area contributed by atoms with Gasteiger partial charge in [0, 0.05) is 5.39 Å². The van der Waals surface area contributed by atoms with Crippen LogP contribution in [-0.4, -0.2) is 25.0 Å². The quantitative estimate of drug-likeness (QED) is 0.680. The van der Waals surface area contributed by atoms with Gasteiger partial charge in [-0.1, -0.05) is 24.3 Å². The van der Waals surface area contributed by atoms with Crippen LogP contribution in [0.2, 0.25) is 0 Å². The molecule has 124 valence electrons. The Bertz CT molecular complexity index is 1010. The molecule has 2 aromatic carbocycles. The minimum absolute atomic E-state index is 0.00249. The normalized spacial score (nSPS) is 11.6. The molecule has 1 aromatic heterocycles. The zero-order chi connectivity index (χ0) is 17.3. The molecule has 0 unspecified atom stereocenters. The molecule has 3 aromatic rings. The summed E-state index contributed by atoms with van der Waals surface area (Å²) in [6, 6.07) is 12.9. The second-order valence-corrected chi connectivity index (χ2v) is 6.79. The average Bonchev–Trinajstić information content (AvgIpc) is 2.98. The van der Waals surface area contributed by atoms with Crippen molar-refractivity contribution in [1.29, 1.82) is 0 Å². The van der Waals surface area contributed by atoms with Crippen LogP contribution < -0.4 is 0 Å². The number of hydrogen-bond acceptors (Lipinski definition) is 4. The number of carbonyl (C=O) groups is 1. The van der Waals surface area contributed by atoms with E-state index >= 15 is 0 Å². The number of rotatable bonds is 4. The number of esters is 1. The molecule has 0 saturated carbocycles. The smallest absolute Gasteiger partial charge is 0.356 e. The Morgan fingerprint density at radius 2 is 1.83 bits per heavy atom. The number of nitrogens with zero attached hydrogens (tertiary/aromatic N) is 1. The highest BCUT2D eigenvalue weighted by molar-refractivity contribution is 7.90. The van der Waals surface area contributed by atoms with E-state index in [1.165, 1.54) is 36.4 Å². The first-order valence-electron chi connectivity index (χ1n) is 7.24. The van der Waals surface area contributed by atoms with Gasteiger partial charge in [-0.3, -0.25) is 0 Å². The first kappa shape index (κ1) is 16.2. The van der Waals surface area contributed by atoms with Crippen LogP contribution in [0.4, 0.5) is 4.39 Å². The van der Waals surface area contributed by atoms with Crippen molar-refractivity contribution in [2.45, 2.75) is 11.8 Å². The molecule has 0 aliphatic rings. The molecular formula is C17H14FNO4S. The summed E-state index contributed by atoms with van der Waals surface area (Å²) >= 11 is 0. The van der Waals surface area contributed by atoms with Gasteiger partial charge >= 0.3 is 5.97 Å². The molecule has 0 saturated heterocycles. The van der Waals surface area contributed by atoms with Crippen molar-refractivity contribution in [2.24, 2.45) is 0 Å². The summed E-state index contributed by atoms with van der Waals surface area (Å²) in [5.74, 6) is -1.44. The number of hydrogen-bond donors (Lipinski definition) is 0. The summed E-state index contributed by atoms with van der Waals surface area (Å²) in [5.41, 5.74) is -0.150. The molecule has 0 radical (unpaired) electrons. The number of fused-ring (bicyclic) bond motifs is 1. The first-order valence-corrected chi connectivity index (χ1v) is 8.68. The Kier molecular flexibility index (Phi) is 4.11. The van der Waals surface area contributed by atoms with Gasteiger partial charge in [0.2, 0.25) is 0 Å². The SMILES string of the molecule is CCOC(=O)c1cc2c(F)cccc2n1S(=O)(=O)c1ccccc1. The summed E-state index contributed by atoms with van der Waals surface area (Å²) in [4.78, 5) is 12.2. The van der Waals surface area contributed by atoms with Crippen LogP contribution in [0, 0.1) is 5.82 Å². The molecule has 24 heavy (non-hydrogen) atoms. The van der Waals surface area contributed by atoms with Crippen molar-refractivity contribution in [3.63, 3.8) is 0 Å². The predicted molar refractivity (Wildman–Crippen MR) is 86.9 cm³/mol. The van der Waals surface area contributed by atoms with Crippen LogP contribution in [0.15, 0.2) is 59.5 Å². The molecule has 0 atom stereocenters. The maximum atomic E-state index is 14.1. The fraction of sp³-hybridized carbons (Fsp3) is 0.118. The van der Waals surface area contributed by atoms with E-state index in [-0.39, 0.29) is 28.1 Å². The predicted octanol–water partition coefficient (Wildman–Crippen LogP) is 3.19. The third-order valence-electron chi connectivity index (χ3n) is 3.51. The largest absolute Gasteiger partial charge is 0.461 e. The molecule has 5 nitrogen and oxygen atoms in total. The second kappa shape index (κ2) is 6.09. The van der Waals surface area contributed by atoms with Gasteiger partial charge in [0.05, 0.1) is 17.0 Å². The van der Waals surface area contributed by atoms with E-state index in [1.54, 1.807) is 25.1 Å². The van der Waals surface area contributed by atoms with E-state index < -0.39 is 21.8 Å². The molecular weight excluding hydrogens is 333 g/mol. The lowest BCUT2D eigenvalue weighted by molar-refractivity contribution is 0.0518. The minimum Gasteiger partial charge on any atom is -0.461 e. The summed E-state index contributed by atoms with van der Waals surface area (Å²) in [5, 5.41) is 0.0417.